The minimum absolute atomic E-state index is 0.00125. The predicted molar refractivity (Wildman–Crippen MR) is 123 cm³/mol. The molecule has 3 rings (SSSR count). The number of carbonyl (C=O) groups is 1. The fourth-order valence-corrected chi connectivity index (χ4v) is 5.39. The molecule has 0 bridgehead atoms. The van der Waals surface area contributed by atoms with Crippen LogP contribution in [-0.2, 0) is 20.6 Å². The van der Waals surface area contributed by atoms with Gasteiger partial charge in [-0.2, -0.15) is 0 Å². The Hall–Kier alpha value is -2.38. The Morgan fingerprint density at radius 2 is 1.77 bits per heavy atom. The first-order chi connectivity index (χ1) is 14.7. The summed E-state index contributed by atoms with van der Waals surface area (Å²) in [5, 5.41) is 2.92. The van der Waals surface area contributed by atoms with E-state index in [1.165, 1.54) is 4.31 Å². The van der Waals surface area contributed by atoms with E-state index < -0.39 is 10.0 Å². The Labute approximate surface area is 185 Å². The molecule has 0 radical (unpaired) electrons. The lowest BCUT2D eigenvalue weighted by Crippen LogP contribution is -2.43. The lowest BCUT2D eigenvalue weighted by molar-refractivity contribution is -0.126. The van der Waals surface area contributed by atoms with Gasteiger partial charge in [0, 0.05) is 19.0 Å². The average molecular weight is 445 g/mol. The zero-order chi connectivity index (χ0) is 22.4. The summed E-state index contributed by atoms with van der Waals surface area (Å²) < 4.78 is 32.8. The molecule has 0 atom stereocenters. The van der Waals surface area contributed by atoms with E-state index in [4.69, 9.17) is 4.74 Å². The summed E-state index contributed by atoms with van der Waals surface area (Å²) in [4.78, 5) is 12.5. The molecule has 1 heterocycles. The molecule has 0 unspecified atom stereocenters. The van der Waals surface area contributed by atoms with Gasteiger partial charge < -0.3 is 10.1 Å². The summed E-state index contributed by atoms with van der Waals surface area (Å²) in [6.07, 6.45) is 1.08. The van der Waals surface area contributed by atoms with Gasteiger partial charge in [-0.3, -0.25) is 4.79 Å². The first-order valence-electron chi connectivity index (χ1n) is 10.8. The van der Waals surface area contributed by atoms with Crippen LogP contribution in [0.1, 0.15) is 35.1 Å². The number of aryl methyl sites for hydroxylation is 3. The lowest BCUT2D eigenvalue weighted by atomic mass is 9.97. The summed E-state index contributed by atoms with van der Waals surface area (Å²) >= 11 is 0. The molecule has 2 aromatic rings. The maximum Gasteiger partial charge on any atom is 0.223 e. The zero-order valence-electron chi connectivity index (χ0n) is 18.6. The monoisotopic (exact) mass is 444 g/mol. The second-order valence-electron chi connectivity index (χ2n) is 8.33. The highest BCUT2D eigenvalue weighted by Gasteiger charge is 2.31. The van der Waals surface area contributed by atoms with Crippen LogP contribution in [0.3, 0.4) is 0 Å². The van der Waals surface area contributed by atoms with Gasteiger partial charge >= 0.3 is 0 Å². The molecule has 0 aromatic heterocycles. The van der Waals surface area contributed by atoms with Crippen molar-refractivity contribution in [3.8, 4) is 5.75 Å². The Bertz CT molecular complexity index is 1010. The molecule has 1 aliphatic rings. The van der Waals surface area contributed by atoms with E-state index in [-0.39, 0.29) is 17.6 Å². The van der Waals surface area contributed by atoms with Crippen molar-refractivity contribution in [2.24, 2.45) is 5.92 Å². The molecule has 6 nitrogen and oxygen atoms in total. The average Bonchev–Trinajstić information content (AvgIpc) is 2.73. The number of carbonyl (C=O) groups excluding carboxylic acids is 1. The first kappa shape index (κ1) is 23.3. The van der Waals surface area contributed by atoms with E-state index in [2.05, 4.69) is 5.32 Å². The van der Waals surface area contributed by atoms with Gasteiger partial charge in [0.05, 0.1) is 12.3 Å². The highest BCUT2D eigenvalue weighted by atomic mass is 32.2. The van der Waals surface area contributed by atoms with Crippen molar-refractivity contribution in [1.82, 2.24) is 9.62 Å². The van der Waals surface area contributed by atoms with E-state index >= 15 is 0 Å². The van der Waals surface area contributed by atoms with Crippen molar-refractivity contribution in [3.05, 3.63) is 64.7 Å². The molecule has 0 saturated carbocycles. The van der Waals surface area contributed by atoms with Crippen molar-refractivity contribution >= 4 is 15.9 Å². The van der Waals surface area contributed by atoms with Gasteiger partial charge in [-0.25, -0.2) is 12.7 Å². The minimum Gasteiger partial charge on any atom is -0.491 e. The Kier molecular flexibility index (Phi) is 7.73. The number of sulfonamides is 1. The van der Waals surface area contributed by atoms with Crippen molar-refractivity contribution in [2.45, 2.75) is 39.4 Å². The third-order valence-electron chi connectivity index (χ3n) is 5.65. The van der Waals surface area contributed by atoms with Gasteiger partial charge in [0.15, 0.2) is 0 Å². The van der Waals surface area contributed by atoms with Crippen LogP contribution < -0.4 is 10.1 Å². The maximum atomic E-state index is 12.7. The number of amides is 1. The topological polar surface area (TPSA) is 75.7 Å². The Balaban J connectivity index is 1.42. The second-order valence-corrected chi connectivity index (χ2v) is 10.3. The highest BCUT2D eigenvalue weighted by molar-refractivity contribution is 7.88. The molecule has 1 saturated heterocycles. The van der Waals surface area contributed by atoms with Crippen molar-refractivity contribution in [1.29, 1.82) is 0 Å². The molecule has 2 aromatic carbocycles. The van der Waals surface area contributed by atoms with Gasteiger partial charge in [-0.15, -0.1) is 0 Å². The summed E-state index contributed by atoms with van der Waals surface area (Å²) in [5.74, 6) is 0.647. The fourth-order valence-electron chi connectivity index (χ4n) is 3.84. The minimum atomic E-state index is -3.38. The normalized spacial score (nSPS) is 15.6. The number of nitrogens with one attached hydrogen (secondary N) is 1. The van der Waals surface area contributed by atoms with Crippen molar-refractivity contribution in [2.75, 3.05) is 26.2 Å². The van der Waals surface area contributed by atoms with Crippen LogP contribution in [0, 0.1) is 26.7 Å². The molecular weight excluding hydrogens is 412 g/mol. The first-order valence-corrected chi connectivity index (χ1v) is 12.4. The van der Waals surface area contributed by atoms with Crippen molar-refractivity contribution < 1.29 is 17.9 Å². The largest absolute Gasteiger partial charge is 0.491 e. The van der Waals surface area contributed by atoms with Crippen LogP contribution in [0.2, 0.25) is 0 Å². The SMILES string of the molecule is Cc1cccc(CS(=O)(=O)N2CCC(C(=O)NCCOc3cc(C)ccc3C)CC2)c1. The molecule has 0 spiro atoms. The molecule has 1 N–H and O–H groups in total. The van der Waals surface area contributed by atoms with Crippen LogP contribution in [-0.4, -0.2) is 44.9 Å². The molecule has 0 aliphatic carbocycles. The molecule has 1 amide bonds. The number of piperidine rings is 1. The number of benzene rings is 2. The summed E-state index contributed by atoms with van der Waals surface area (Å²) in [6, 6.07) is 13.6. The smallest absolute Gasteiger partial charge is 0.223 e. The number of rotatable bonds is 8. The van der Waals surface area contributed by atoms with Crippen LogP contribution in [0.5, 0.6) is 5.75 Å². The summed E-state index contributed by atoms with van der Waals surface area (Å²) in [5.41, 5.74) is 4.04. The van der Waals surface area contributed by atoms with Crippen LogP contribution in [0.15, 0.2) is 42.5 Å². The molecule has 168 valence electrons. The van der Waals surface area contributed by atoms with E-state index in [1.54, 1.807) is 0 Å². The lowest BCUT2D eigenvalue weighted by Gasteiger charge is -2.30. The van der Waals surface area contributed by atoms with Gasteiger partial charge in [0.1, 0.15) is 12.4 Å². The molecular formula is C24H32N2O4S. The molecule has 31 heavy (non-hydrogen) atoms. The van der Waals surface area contributed by atoms with Gasteiger partial charge in [0.25, 0.3) is 0 Å². The Morgan fingerprint density at radius 1 is 1.06 bits per heavy atom. The second kappa shape index (κ2) is 10.3. The zero-order valence-corrected chi connectivity index (χ0v) is 19.4. The van der Waals surface area contributed by atoms with E-state index in [9.17, 15) is 13.2 Å². The maximum absolute atomic E-state index is 12.7. The number of ether oxygens (including phenoxy) is 1. The molecule has 1 fully saturated rings. The molecule has 1 aliphatic heterocycles. The van der Waals surface area contributed by atoms with E-state index in [0.717, 1.165) is 28.0 Å². The Morgan fingerprint density at radius 3 is 2.48 bits per heavy atom. The quantitative estimate of drug-likeness (QED) is 0.634. The van der Waals surface area contributed by atoms with Crippen LogP contribution in [0.4, 0.5) is 0 Å². The van der Waals surface area contributed by atoms with Gasteiger partial charge in [0.2, 0.25) is 15.9 Å². The van der Waals surface area contributed by atoms with E-state index in [1.807, 2.05) is 63.2 Å². The molecule has 7 heteroatoms. The summed E-state index contributed by atoms with van der Waals surface area (Å²) in [6.45, 7) is 7.55. The number of hydrogen-bond donors (Lipinski definition) is 1. The van der Waals surface area contributed by atoms with Crippen LogP contribution >= 0.6 is 0 Å². The highest BCUT2D eigenvalue weighted by Crippen LogP contribution is 2.22. The van der Waals surface area contributed by atoms with Gasteiger partial charge in [-0.05, 0) is 56.4 Å². The van der Waals surface area contributed by atoms with Gasteiger partial charge in [-0.1, -0.05) is 42.0 Å². The van der Waals surface area contributed by atoms with E-state index in [0.29, 0.717) is 39.1 Å². The number of hydrogen-bond acceptors (Lipinski definition) is 4. The van der Waals surface area contributed by atoms with Crippen LogP contribution in [0.25, 0.3) is 0 Å². The third kappa shape index (κ3) is 6.55. The number of nitrogens with zero attached hydrogens (tertiary/aromatic N) is 1. The third-order valence-corrected chi connectivity index (χ3v) is 7.50. The predicted octanol–water partition coefficient (Wildman–Crippen LogP) is 3.35. The summed E-state index contributed by atoms with van der Waals surface area (Å²) in [7, 11) is -3.38. The van der Waals surface area contributed by atoms with Crippen molar-refractivity contribution in [3.63, 3.8) is 0 Å². The fraction of sp³-hybridized carbons (Fsp3) is 0.458. The standard InChI is InChI=1S/C24H32N2O4S/c1-18-5-4-6-21(15-18)17-31(28,29)26-12-9-22(10-13-26)24(27)25-11-14-30-23-16-19(2)7-8-20(23)3/h4-8,15-16,22H,9-14,17H2,1-3H3,(H,25,27).